The molecule has 0 bridgehead atoms. The Hall–Kier alpha value is -2.27. The van der Waals surface area contributed by atoms with Gasteiger partial charge in [0, 0.05) is 12.6 Å². The summed E-state index contributed by atoms with van der Waals surface area (Å²) in [4.78, 5) is 4.15. The molecular weight excluding hydrogens is 268 g/mol. The molecule has 0 saturated carbocycles. The summed E-state index contributed by atoms with van der Waals surface area (Å²) in [5.74, 6) is 1.38. The summed E-state index contributed by atoms with van der Waals surface area (Å²) in [5, 5.41) is 12.0. The third-order valence-electron chi connectivity index (χ3n) is 2.78. The molecule has 112 valence electrons. The highest BCUT2D eigenvalue weighted by Crippen LogP contribution is 2.16. The van der Waals surface area contributed by atoms with Crippen molar-refractivity contribution in [3.05, 3.63) is 48.2 Å². The molecule has 0 fully saturated rings. The van der Waals surface area contributed by atoms with E-state index >= 15 is 0 Å². The van der Waals surface area contributed by atoms with Crippen LogP contribution in [0.3, 0.4) is 0 Å². The number of anilines is 1. The lowest BCUT2D eigenvalue weighted by atomic mass is 10.2. The van der Waals surface area contributed by atoms with Crippen molar-refractivity contribution in [2.45, 2.75) is 13.5 Å². The van der Waals surface area contributed by atoms with E-state index < -0.39 is 0 Å². The average molecular weight is 288 g/mol. The average Bonchev–Trinajstić information content (AvgIpc) is 2.53. The molecule has 5 nitrogen and oxygen atoms in total. The Labute approximate surface area is 124 Å². The van der Waals surface area contributed by atoms with E-state index in [0.717, 1.165) is 17.0 Å². The van der Waals surface area contributed by atoms with Gasteiger partial charge in [0.2, 0.25) is 5.88 Å². The summed E-state index contributed by atoms with van der Waals surface area (Å²) < 4.78 is 10.7. The maximum Gasteiger partial charge on any atom is 0.213 e. The van der Waals surface area contributed by atoms with Crippen molar-refractivity contribution in [2.75, 3.05) is 25.1 Å². The predicted molar refractivity (Wildman–Crippen MR) is 81.8 cm³/mol. The van der Waals surface area contributed by atoms with Crippen molar-refractivity contribution in [1.82, 2.24) is 4.98 Å². The van der Waals surface area contributed by atoms with Gasteiger partial charge in [-0.2, -0.15) is 0 Å². The summed E-state index contributed by atoms with van der Waals surface area (Å²) in [6.45, 7) is 3.56. The molecule has 2 N–H and O–H groups in total. The van der Waals surface area contributed by atoms with Crippen LogP contribution in [0.1, 0.15) is 12.5 Å². The summed E-state index contributed by atoms with van der Waals surface area (Å²) >= 11 is 0. The number of hydrogen-bond donors (Lipinski definition) is 2. The van der Waals surface area contributed by atoms with E-state index in [1.54, 1.807) is 12.3 Å². The highest BCUT2D eigenvalue weighted by atomic mass is 16.5. The maximum atomic E-state index is 8.68. The van der Waals surface area contributed by atoms with Gasteiger partial charge in [0.05, 0.1) is 25.1 Å². The minimum atomic E-state index is -0.0160. The number of aromatic nitrogens is 1. The molecule has 0 aliphatic carbocycles. The first kappa shape index (κ1) is 15.1. The number of benzene rings is 1. The van der Waals surface area contributed by atoms with Gasteiger partial charge in [0.25, 0.3) is 0 Å². The van der Waals surface area contributed by atoms with Crippen molar-refractivity contribution in [3.63, 3.8) is 0 Å². The third kappa shape index (κ3) is 4.96. The zero-order chi connectivity index (χ0) is 14.9. The van der Waals surface area contributed by atoms with E-state index in [4.69, 9.17) is 14.6 Å². The lowest BCUT2D eigenvalue weighted by molar-refractivity contribution is 0.196. The van der Waals surface area contributed by atoms with E-state index in [1.165, 1.54) is 0 Å². The minimum absolute atomic E-state index is 0.0160. The monoisotopic (exact) mass is 288 g/mol. The van der Waals surface area contributed by atoms with Crippen LogP contribution in [-0.2, 0) is 6.54 Å². The standard InChI is InChI=1S/C16H20N2O3/c1-2-20-15-5-3-4-13(10-15)11-17-14-6-7-16(18-12-14)21-9-8-19/h3-7,10,12,17,19H,2,8-9,11H2,1H3. The molecule has 0 aliphatic heterocycles. The van der Waals surface area contributed by atoms with Crippen LogP contribution >= 0.6 is 0 Å². The molecule has 1 heterocycles. The molecule has 0 atom stereocenters. The smallest absolute Gasteiger partial charge is 0.213 e. The number of aliphatic hydroxyl groups is 1. The van der Waals surface area contributed by atoms with Crippen LogP contribution in [0.2, 0.25) is 0 Å². The Bertz CT molecular complexity index is 543. The lowest BCUT2D eigenvalue weighted by Gasteiger charge is -2.09. The number of ether oxygens (including phenoxy) is 2. The van der Waals surface area contributed by atoms with Crippen LogP contribution < -0.4 is 14.8 Å². The Morgan fingerprint density at radius 2 is 2.10 bits per heavy atom. The van der Waals surface area contributed by atoms with Gasteiger partial charge < -0.3 is 19.9 Å². The van der Waals surface area contributed by atoms with Gasteiger partial charge in [-0.25, -0.2) is 4.98 Å². The van der Waals surface area contributed by atoms with Gasteiger partial charge in [-0.1, -0.05) is 12.1 Å². The van der Waals surface area contributed by atoms with Gasteiger partial charge in [-0.3, -0.25) is 0 Å². The number of nitrogens with zero attached hydrogens (tertiary/aromatic N) is 1. The Morgan fingerprint density at radius 3 is 2.81 bits per heavy atom. The molecule has 2 aromatic rings. The Balaban J connectivity index is 1.88. The van der Waals surface area contributed by atoms with E-state index in [-0.39, 0.29) is 13.2 Å². The molecule has 1 aromatic heterocycles. The second-order valence-corrected chi connectivity index (χ2v) is 4.39. The highest BCUT2D eigenvalue weighted by Gasteiger charge is 1.99. The highest BCUT2D eigenvalue weighted by molar-refractivity contribution is 5.43. The zero-order valence-electron chi connectivity index (χ0n) is 12.1. The minimum Gasteiger partial charge on any atom is -0.494 e. The number of nitrogens with one attached hydrogen (secondary N) is 1. The summed E-state index contributed by atoms with van der Waals surface area (Å²) in [7, 11) is 0. The molecule has 0 radical (unpaired) electrons. The molecule has 2 rings (SSSR count). The summed E-state index contributed by atoms with van der Waals surface area (Å²) in [6.07, 6.45) is 1.71. The number of rotatable bonds is 8. The van der Waals surface area contributed by atoms with Crippen LogP contribution in [0.5, 0.6) is 11.6 Å². The van der Waals surface area contributed by atoms with Crippen LogP contribution in [0.25, 0.3) is 0 Å². The quantitative estimate of drug-likeness (QED) is 0.781. The molecule has 0 amide bonds. The maximum absolute atomic E-state index is 8.68. The van der Waals surface area contributed by atoms with E-state index in [0.29, 0.717) is 19.0 Å². The number of hydrogen-bond acceptors (Lipinski definition) is 5. The second kappa shape index (κ2) is 8.11. The van der Waals surface area contributed by atoms with Crippen LogP contribution in [0.15, 0.2) is 42.6 Å². The topological polar surface area (TPSA) is 63.6 Å². The molecular formula is C16H20N2O3. The van der Waals surface area contributed by atoms with Crippen LogP contribution in [0, 0.1) is 0 Å². The molecule has 1 aromatic carbocycles. The van der Waals surface area contributed by atoms with Crippen molar-refractivity contribution in [1.29, 1.82) is 0 Å². The molecule has 0 spiro atoms. The first-order valence-corrected chi connectivity index (χ1v) is 6.97. The van der Waals surface area contributed by atoms with Crippen molar-refractivity contribution in [2.24, 2.45) is 0 Å². The number of aliphatic hydroxyl groups excluding tert-OH is 1. The molecule has 5 heteroatoms. The van der Waals surface area contributed by atoms with Gasteiger partial charge in [-0.05, 0) is 30.7 Å². The van der Waals surface area contributed by atoms with Gasteiger partial charge in [0.15, 0.2) is 0 Å². The largest absolute Gasteiger partial charge is 0.494 e. The van der Waals surface area contributed by atoms with Crippen LogP contribution in [-0.4, -0.2) is 29.9 Å². The van der Waals surface area contributed by atoms with Gasteiger partial charge >= 0.3 is 0 Å². The Kier molecular flexibility index (Phi) is 5.84. The summed E-state index contributed by atoms with van der Waals surface area (Å²) in [5.41, 5.74) is 2.05. The lowest BCUT2D eigenvalue weighted by Crippen LogP contribution is -2.04. The van der Waals surface area contributed by atoms with Crippen LogP contribution in [0.4, 0.5) is 5.69 Å². The van der Waals surface area contributed by atoms with Crippen molar-refractivity contribution >= 4 is 5.69 Å². The predicted octanol–water partition coefficient (Wildman–Crippen LogP) is 2.46. The first-order chi connectivity index (χ1) is 10.3. The number of pyridine rings is 1. The van der Waals surface area contributed by atoms with Crippen molar-refractivity contribution in [3.8, 4) is 11.6 Å². The first-order valence-electron chi connectivity index (χ1n) is 6.97. The summed E-state index contributed by atoms with van der Waals surface area (Å²) in [6, 6.07) is 11.7. The fraction of sp³-hybridized carbons (Fsp3) is 0.312. The third-order valence-corrected chi connectivity index (χ3v) is 2.78. The molecule has 0 unspecified atom stereocenters. The SMILES string of the molecule is CCOc1cccc(CNc2ccc(OCCO)nc2)c1. The normalized spacial score (nSPS) is 10.2. The molecule has 0 aliphatic rings. The zero-order valence-corrected chi connectivity index (χ0v) is 12.1. The fourth-order valence-corrected chi connectivity index (χ4v) is 1.84. The van der Waals surface area contributed by atoms with E-state index in [9.17, 15) is 0 Å². The van der Waals surface area contributed by atoms with E-state index in [1.807, 2.05) is 37.3 Å². The second-order valence-electron chi connectivity index (χ2n) is 4.39. The van der Waals surface area contributed by atoms with Crippen molar-refractivity contribution < 1.29 is 14.6 Å². The van der Waals surface area contributed by atoms with Gasteiger partial charge in [0.1, 0.15) is 12.4 Å². The fourth-order valence-electron chi connectivity index (χ4n) is 1.84. The Morgan fingerprint density at radius 1 is 1.19 bits per heavy atom. The molecule has 21 heavy (non-hydrogen) atoms. The van der Waals surface area contributed by atoms with Gasteiger partial charge in [-0.15, -0.1) is 0 Å². The van der Waals surface area contributed by atoms with E-state index in [2.05, 4.69) is 10.3 Å². The molecule has 0 saturated heterocycles.